The summed E-state index contributed by atoms with van der Waals surface area (Å²) in [7, 11) is -2.09. The number of benzene rings is 1. The van der Waals surface area contributed by atoms with Crippen LogP contribution in [-0.4, -0.2) is 34.1 Å². The number of hydrogen-bond acceptors (Lipinski definition) is 6. The highest BCUT2D eigenvalue weighted by Gasteiger charge is 2.16. The molecule has 3 aromatic rings. The zero-order valence-corrected chi connectivity index (χ0v) is 14.9. The molecule has 2 aromatic heterocycles. The molecule has 10 heteroatoms. The summed E-state index contributed by atoms with van der Waals surface area (Å²) in [5.74, 6) is -0.334. The average molecular weight is 372 g/mol. The maximum atomic E-state index is 12.3. The van der Waals surface area contributed by atoms with Crippen LogP contribution in [0.3, 0.4) is 0 Å². The van der Waals surface area contributed by atoms with Gasteiger partial charge in [-0.3, -0.25) is 9.48 Å². The number of nitrogens with zero attached hydrogens (tertiary/aromatic N) is 4. The van der Waals surface area contributed by atoms with Crippen molar-refractivity contribution in [2.75, 3.05) is 10.0 Å². The molecule has 3 rings (SSSR count). The molecule has 0 aliphatic rings. The number of aromatic nitrogens is 4. The van der Waals surface area contributed by atoms with E-state index in [1.54, 1.807) is 30.9 Å². The van der Waals surface area contributed by atoms with Crippen LogP contribution in [0.5, 0.6) is 0 Å². The summed E-state index contributed by atoms with van der Waals surface area (Å²) in [5.41, 5.74) is 1.52. The van der Waals surface area contributed by atoms with Crippen LogP contribution in [0.1, 0.15) is 16.1 Å². The number of carbonyl (C=O) groups is 1. The van der Waals surface area contributed by atoms with Crippen molar-refractivity contribution >= 4 is 27.6 Å². The van der Waals surface area contributed by atoms with E-state index >= 15 is 0 Å². The Labute approximate surface area is 150 Å². The van der Waals surface area contributed by atoms with Gasteiger partial charge in [-0.1, -0.05) is 0 Å². The SMILES string of the molecule is Cc1nn(C)cc1C(=O)Nc1ccc(S(=O)(=O)Nc2ncccn2)cc1. The third-order valence-electron chi connectivity index (χ3n) is 3.47. The number of anilines is 2. The van der Waals surface area contributed by atoms with Gasteiger partial charge < -0.3 is 5.32 Å². The fraction of sp³-hybridized carbons (Fsp3) is 0.125. The van der Waals surface area contributed by atoms with Crippen LogP contribution in [0.25, 0.3) is 0 Å². The Kier molecular flexibility index (Phi) is 4.67. The molecule has 0 radical (unpaired) electrons. The van der Waals surface area contributed by atoms with Gasteiger partial charge in [0.1, 0.15) is 0 Å². The van der Waals surface area contributed by atoms with E-state index in [1.807, 2.05) is 0 Å². The second-order valence-electron chi connectivity index (χ2n) is 5.46. The topological polar surface area (TPSA) is 119 Å². The second-order valence-corrected chi connectivity index (χ2v) is 7.14. The summed E-state index contributed by atoms with van der Waals surface area (Å²) in [6.07, 6.45) is 4.49. The summed E-state index contributed by atoms with van der Waals surface area (Å²) >= 11 is 0. The maximum Gasteiger partial charge on any atom is 0.264 e. The van der Waals surface area contributed by atoms with Crippen LogP contribution in [0.15, 0.2) is 53.8 Å². The van der Waals surface area contributed by atoms with E-state index in [0.29, 0.717) is 16.9 Å². The zero-order valence-electron chi connectivity index (χ0n) is 14.0. The zero-order chi connectivity index (χ0) is 18.7. The minimum absolute atomic E-state index is 0.0167. The molecule has 26 heavy (non-hydrogen) atoms. The Bertz CT molecular complexity index is 1030. The quantitative estimate of drug-likeness (QED) is 0.702. The summed E-state index contributed by atoms with van der Waals surface area (Å²) in [4.78, 5) is 19.9. The molecule has 1 amide bonds. The number of amides is 1. The standard InChI is InChI=1S/C16H16N6O3S/c1-11-14(10-22(2)20-11)15(23)19-12-4-6-13(7-5-12)26(24,25)21-16-17-8-3-9-18-16/h3-10H,1-2H3,(H,19,23)(H,17,18,21). The molecule has 0 atom stereocenters. The molecule has 134 valence electrons. The van der Waals surface area contributed by atoms with Gasteiger partial charge in [0.05, 0.1) is 16.2 Å². The summed E-state index contributed by atoms with van der Waals surface area (Å²) < 4.78 is 28.5. The third-order valence-corrected chi connectivity index (χ3v) is 4.82. The van der Waals surface area contributed by atoms with E-state index < -0.39 is 10.0 Å². The molecular weight excluding hydrogens is 356 g/mol. The van der Waals surface area contributed by atoms with Crippen molar-refractivity contribution < 1.29 is 13.2 Å². The molecular formula is C16H16N6O3S. The fourth-order valence-corrected chi connectivity index (χ4v) is 3.23. The molecule has 0 bridgehead atoms. The molecule has 0 unspecified atom stereocenters. The molecule has 2 N–H and O–H groups in total. The highest BCUT2D eigenvalue weighted by molar-refractivity contribution is 7.92. The number of sulfonamides is 1. The first-order valence-corrected chi connectivity index (χ1v) is 9.05. The fourth-order valence-electron chi connectivity index (χ4n) is 2.27. The van der Waals surface area contributed by atoms with E-state index in [9.17, 15) is 13.2 Å². The lowest BCUT2D eigenvalue weighted by Gasteiger charge is -2.08. The average Bonchev–Trinajstić information content (AvgIpc) is 2.94. The van der Waals surface area contributed by atoms with Gasteiger partial charge in [-0.05, 0) is 37.3 Å². The van der Waals surface area contributed by atoms with Crippen LogP contribution in [0.4, 0.5) is 11.6 Å². The third kappa shape index (κ3) is 3.86. The van der Waals surface area contributed by atoms with Gasteiger partial charge >= 0.3 is 0 Å². The molecule has 9 nitrogen and oxygen atoms in total. The number of aryl methyl sites for hydroxylation is 2. The normalized spacial score (nSPS) is 11.2. The predicted molar refractivity (Wildman–Crippen MR) is 95.2 cm³/mol. The maximum absolute atomic E-state index is 12.3. The van der Waals surface area contributed by atoms with Gasteiger partial charge in [-0.2, -0.15) is 5.10 Å². The molecule has 0 aliphatic carbocycles. The highest BCUT2D eigenvalue weighted by Crippen LogP contribution is 2.17. The van der Waals surface area contributed by atoms with Crippen molar-refractivity contribution in [3.05, 3.63) is 60.2 Å². The second kappa shape index (κ2) is 6.92. The van der Waals surface area contributed by atoms with Gasteiger partial charge in [0.15, 0.2) is 0 Å². The van der Waals surface area contributed by atoms with E-state index in [4.69, 9.17) is 0 Å². The summed E-state index contributed by atoms with van der Waals surface area (Å²) in [6, 6.07) is 7.36. The van der Waals surface area contributed by atoms with Gasteiger partial charge in [-0.15, -0.1) is 0 Å². The van der Waals surface area contributed by atoms with E-state index in [1.165, 1.54) is 36.7 Å². The molecule has 0 spiro atoms. The molecule has 2 heterocycles. The Morgan fingerprint density at radius 1 is 1.12 bits per heavy atom. The van der Waals surface area contributed by atoms with Crippen molar-refractivity contribution in [2.24, 2.45) is 7.05 Å². The van der Waals surface area contributed by atoms with Crippen LogP contribution in [-0.2, 0) is 17.1 Å². The lowest BCUT2D eigenvalue weighted by molar-refractivity contribution is 0.102. The highest BCUT2D eigenvalue weighted by atomic mass is 32.2. The smallest absolute Gasteiger partial charge is 0.264 e. The van der Waals surface area contributed by atoms with Crippen molar-refractivity contribution in [3.8, 4) is 0 Å². The molecule has 0 saturated heterocycles. The number of hydrogen-bond donors (Lipinski definition) is 2. The first-order chi connectivity index (χ1) is 12.3. The van der Waals surface area contributed by atoms with E-state index in [2.05, 4.69) is 25.1 Å². The first-order valence-electron chi connectivity index (χ1n) is 7.57. The van der Waals surface area contributed by atoms with Gasteiger partial charge in [0.2, 0.25) is 5.95 Å². The van der Waals surface area contributed by atoms with Gasteiger partial charge in [0, 0.05) is 31.3 Å². The minimum atomic E-state index is -3.82. The first kappa shape index (κ1) is 17.5. The number of nitrogens with one attached hydrogen (secondary N) is 2. The predicted octanol–water partition coefficient (Wildman–Crippen LogP) is 1.57. The number of rotatable bonds is 5. The Balaban J connectivity index is 1.74. The number of carbonyl (C=O) groups excluding carboxylic acids is 1. The van der Waals surface area contributed by atoms with E-state index in [-0.39, 0.29) is 16.8 Å². The van der Waals surface area contributed by atoms with Crippen molar-refractivity contribution in [2.45, 2.75) is 11.8 Å². The van der Waals surface area contributed by atoms with Crippen molar-refractivity contribution in [1.82, 2.24) is 19.7 Å². The summed E-state index contributed by atoms with van der Waals surface area (Å²) in [6.45, 7) is 1.74. The van der Waals surface area contributed by atoms with Crippen LogP contribution >= 0.6 is 0 Å². The lowest BCUT2D eigenvalue weighted by Crippen LogP contribution is -2.15. The Morgan fingerprint density at radius 3 is 2.35 bits per heavy atom. The molecule has 1 aromatic carbocycles. The largest absolute Gasteiger partial charge is 0.322 e. The lowest BCUT2D eigenvalue weighted by atomic mass is 10.2. The van der Waals surface area contributed by atoms with Gasteiger partial charge in [-0.25, -0.2) is 23.1 Å². The van der Waals surface area contributed by atoms with Crippen molar-refractivity contribution in [1.29, 1.82) is 0 Å². The van der Waals surface area contributed by atoms with Gasteiger partial charge in [0.25, 0.3) is 15.9 Å². The van der Waals surface area contributed by atoms with Crippen LogP contribution in [0, 0.1) is 6.92 Å². The van der Waals surface area contributed by atoms with Crippen LogP contribution in [0.2, 0.25) is 0 Å². The van der Waals surface area contributed by atoms with Crippen LogP contribution < -0.4 is 10.0 Å². The van der Waals surface area contributed by atoms with E-state index in [0.717, 1.165) is 0 Å². The minimum Gasteiger partial charge on any atom is -0.322 e. The molecule has 0 aliphatic heterocycles. The van der Waals surface area contributed by atoms with Crippen molar-refractivity contribution in [3.63, 3.8) is 0 Å². The molecule has 0 saturated carbocycles. The molecule has 0 fully saturated rings. The monoisotopic (exact) mass is 372 g/mol. The Morgan fingerprint density at radius 2 is 1.77 bits per heavy atom. The Hall–Kier alpha value is -3.27. The summed E-state index contributed by atoms with van der Waals surface area (Å²) in [5, 5.41) is 6.83.